The molecule has 214 valence electrons. The lowest BCUT2D eigenvalue weighted by Crippen LogP contribution is -2.59. The molecule has 6 atom stereocenters. The molecule has 0 saturated carbocycles. The van der Waals surface area contributed by atoms with E-state index in [4.69, 9.17) is 10.8 Å². The number of aliphatic hydroxyl groups is 1. The van der Waals surface area contributed by atoms with Crippen LogP contribution in [0.3, 0.4) is 0 Å². The molecule has 1 aromatic carbocycles. The smallest absolute Gasteiger partial charge is 0.328 e. The first-order valence-electron chi connectivity index (χ1n) is 12.7. The normalized spacial score (nSPS) is 15.8. The maximum Gasteiger partial charge on any atom is 0.328 e. The number of carbonyl (C=O) groups excluding carboxylic acids is 3. The van der Waals surface area contributed by atoms with Crippen LogP contribution in [0, 0.1) is 5.92 Å². The number of hydrogen-bond donors (Lipinski definition) is 8. The highest BCUT2D eigenvalue weighted by Crippen LogP contribution is 2.19. The predicted molar refractivity (Wildman–Crippen MR) is 141 cm³/mol. The lowest BCUT2D eigenvalue weighted by atomic mass is 9.98. The number of aromatic nitrogens is 1. The average Bonchev–Trinajstić information content (AvgIpc) is 3.30. The highest BCUT2D eigenvalue weighted by Gasteiger charge is 2.33. The van der Waals surface area contributed by atoms with Crippen LogP contribution < -0.4 is 21.7 Å². The topological polar surface area (TPSA) is 224 Å². The minimum atomic E-state index is -1.68. The van der Waals surface area contributed by atoms with Gasteiger partial charge in [0.2, 0.25) is 17.7 Å². The Bertz CT molecular complexity index is 1180. The fraction of sp³-hybridized carbons (Fsp3) is 0.500. The van der Waals surface area contributed by atoms with Gasteiger partial charge >= 0.3 is 11.9 Å². The van der Waals surface area contributed by atoms with E-state index < -0.39 is 66.4 Å². The van der Waals surface area contributed by atoms with Gasteiger partial charge in [-0.25, -0.2) is 4.79 Å². The minimum absolute atomic E-state index is 0.0213. The first-order valence-corrected chi connectivity index (χ1v) is 12.7. The number of nitrogens with one attached hydrogen (secondary N) is 4. The van der Waals surface area contributed by atoms with Crippen LogP contribution in [0.1, 0.15) is 45.6 Å². The number of benzene rings is 1. The molecular formula is C26H37N5O8. The number of carboxylic acids is 2. The Labute approximate surface area is 225 Å². The summed E-state index contributed by atoms with van der Waals surface area (Å²) in [5.74, 6) is -5.29. The molecule has 0 bridgehead atoms. The first kappa shape index (κ1) is 31.2. The number of H-pyrrole nitrogens is 1. The molecule has 13 nitrogen and oxygen atoms in total. The summed E-state index contributed by atoms with van der Waals surface area (Å²) in [6.07, 6.45) is 0.00789. The standard InChI is InChI=1S/C26H37N5O8/c1-4-13(2)21(27)25(37)30-19(11-15-12-28-17-8-6-5-7-16(15)17)24(36)29-18(9-10-20(33)34)23(35)31-22(14(3)32)26(38)39/h5-8,12-14,18-19,21-22,28,32H,4,9-11,27H2,1-3H3,(H,29,36)(H,30,37)(H,31,35)(H,33,34)(H,38,39). The van der Waals surface area contributed by atoms with E-state index in [1.54, 1.807) is 13.1 Å². The van der Waals surface area contributed by atoms with Crippen molar-refractivity contribution in [3.63, 3.8) is 0 Å². The number of carbonyl (C=O) groups is 5. The Morgan fingerprint density at radius 3 is 2.15 bits per heavy atom. The van der Waals surface area contributed by atoms with Crippen molar-refractivity contribution in [1.29, 1.82) is 0 Å². The molecule has 0 radical (unpaired) electrons. The van der Waals surface area contributed by atoms with Crippen molar-refractivity contribution in [1.82, 2.24) is 20.9 Å². The van der Waals surface area contributed by atoms with Gasteiger partial charge in [-0.2, -0.15) is 0 Å². The summed E-state index contributed by atoms with van der Waals surface area (Å²) in [5.41, 5.74) is 7.58. The maximum absolute atomic E-state index is 13.4. The van der Waals surface area contributed by atoms with E-state index in [0.717, 1.165) is 17.8 Å². The Hall–Kier alpha value is -3.97. The fourth-order valence-corrected chi connectivity index (χ4v) is 3.96. The molecule has 0 spiro atoms. The number of aromatic amines is 1. The van der Waals surface area contributed by atoms with Crippen molar-refractivity contribution in [2.45, 2.75) is 76.7 Å². The zero-order valence-corrected chi connectivity index (χ0v) is 22.1. The van der Waals surface area contributed by atoms with E-state index in [-0.39, 0.29) is 18.8 Å². The van der Waals surface area contributed by atoms with Crippen LogP contribution in [0.2, 0.25) is 0 Å². The zero-order chi connectivity index (χ0) is 29.3. The van der Waals surface area contributed by atoms with Crippen molar-refractivity contribution in [2.75, 3.05) is 0 Å². The summed E-state index contributed by atoms with van der Waals surface area (Å²) < 4.78 is 0. The molecule has 1 heterocycles. The number of amides is 3. The van der Waals surface area contributed by atoms with Crippen LogP contribution in [0.25, 0.3) is 10.9 Å². The molecule has 0 aliphatic rings. The molecule has 39 heavy (non-hydrogen) atoms. The SMILES string of the molecule is CCC(C)C(N)C(=O)NC(Cc1c[nH]c2ccccc12)C(=O)NC(CCC(=O)O)C(=O)NC(C(=O)O)C(C)O. The summed E-state index contributed by atoms with van der Waals surface area (Å²) in [6.45, 7) is 4.83. The minimum Gasteiger partial charge on any atom is -0.481 e. The number of carboxylic acid groups (broad SMARTS) is 2. The van der Waals surface area contributed by atoms with Crippen LogP contribution in [0.4, 0.5) is 0 Å². The number of hydrogen-bond acceptors (Lipinski definition) is 7. The Morgan fingerprint density at radius 2 is 1.56 bits per heavy atom. The van der Waals surface area contributed by atoms with Gasteiger partial charge in [0.05, 0.1) is 12.1 Å². The second-order valence-electron chi connectivity index (χ2n) is 9.59. The lowest BCUT2D eigenvalue weighted by molar-refractivity contribution is -0.145. The molecular weight excluding hydrogens is 510 g/mol. The van der Waals surface area contributed by atoms with Gasteiger partial charge in [-0.05, 0) is 30.9 Å². The van der Waals surface area contributed by atoms with Gasteiger partial charge in [0.1, 0.15) is 12.1 Å². The fourth-order valence-electron chi connectivity index (χ4n) is 3.96. The molecule has 0 aliphatic carbocycles. The van der Waals surface area contributed by atoms with Gasteiger partial charge in [-0.3, -0.25) is 19.2 Å². The molecule has 0 saturated heterocycles. The third-order valence-corrected chi connectivity index (χ3v) is 6.62. The Balaban J connectivity index is 2.34. The Kier molecular flexibility index (Phi) is 11.4. The van der Waals surface area contributed by atoms with E-state index >= 15 is 0 Å². The van der Waals surface area contributed by atoms with Crippen molar-refractivity contribution in [2.24, 2.45) is 11.7 Å². The molecule has 0 aliphatic heterocycles. The second-order valence-corrected chi connectivity index (χ2v) is 9.59. The monoisotopic (exact) mass is 547 g/mol. The molecule has 1 aromatic heterocycles. The zero-order valence-electron chi connectivity index (χ0n) is 22.1. The van der Waals surface area contributed by atoms with Gasteiger partial charge in [0, 0.05) is 29.9 Å². The lowest BCUT2D eigenvalue weighted by Gasteiger charge is -2.26. The number of rotatable bonds is 15. The summed E-state index contributed by atoms with van der Waals surface area (Å²) in [6, 6.07) is 2.10. The molecule has 2 aromatic rings. The molecule has 2 rings (SSSR count). The summed E-state index contributed by atoms with van der Waals surface area (Å²) in [5, 5.41) is 36.2. The van der Waals surface area contributed by atoms with Crippen LogP contribution in [0.15, 0.2) is 30.5 Å². The maximum atomic E-state index is 13.4. The number of fused-ring (bicyclic) bond motifs is 1. The Morgan fingerprint density at radius 1 is 0.949 bits per heavy atom. The number of para-hydroxylation sites is 1. The van der Waals surface area contributed by atoms with Gasteiger partial charge in [-0.1, -0.05) is 38.5 Å². The van der Waals surface area contributed by atoms with E-state index in [9.17, 15) is 34.2 Å². The van der Waals surface area contributed by atoms with Crippen LogP contribution in [-0.4, -0.2) is 80.2 Å². The highest BCUT2D eigenvalue weighted by atomic mass is 16.4. The molecule has 3 amide bonds. The predicted octanol–water partition coefficient (Wildman–Crippen LogP) is -0.132. The van der Waals surface area contributed by atoms with Crippen LogP contribution in [0.5, 0.6) is 0 Å². The summed E-state index contributed by atoms with van der Waals surface area (Å²) in [7, 11) is 0. The van der Waals surface area contributed by atoms with E-state index in [0.29, 0.717) is 12.0 Å². The third-order valence-electron chi connectivity index (χ3n) is 6.62. The van der Waals surface area contributed by atoms with E-state index in [1.165, 1.54) is 0 Å². The molecule has 13 heteroatoms. The van der Waals surface area contributed by atoms with Crippen LogP contribution in [-0.2, 0) is 30.4 Å². The summed E-state index contributed by atoms with van der Waals surface area (Å²) >= 11 is 0. The van der Waals surface area contributed by atoms with Gasteiger partial charge in [0.25, 0.3) is 0 Å². The van der Waals surface area contributed by atoms with Gasteiger partial charge < -0.3 is 42.0 Å². The van der Waals surface area contributed by atoms with E-state index in [2.05, 4.69) is 20.9 Å². The average molecular weight is 548 g/mol. The van der Waals surface area contributed by atoms with Crippen molar-refractivity contribution < 1.29 is 39.3 Å². The van der Waals surface area contributed by atoms with Crippen molar-refractivity contribution in [3.8, 4) is 0 Å². The van der Waals surface area contributed by atoms with Crippen molar-refractivity contribution in [3.05, 3.63) is 36.0 Å². The van der Waals surface area contributed by atoms with E-state index in [1.807, 2.05) is 31.2 Å². The number of aliphatic carboxylic acids is 2. The number of nitrogens with two attached hydrogens (primary N) is 1. The second kappa shape index (κ2) is 14.3. The summed E-state index contributed by atoms with van der Waals surface area (Å²) in [4.78, 5) is 64.9. The molecule has 6 unspecified atom stereocenters. The first-order chi connectivity index (χ1) is 18.3. The van der Waals surface area contributed by atoms with Crippen molar-refractivity contribution >= 4 is 40.6 Å². The van der Waals surface area contributed by atoms with Gasteiger partial charge in [0.15, 0.2) is 6.04 Å². The molecule has 9 N–H and O–H groups in total. The number of aliphatic hydroxyl groups excluding tert-OH is 1. The largest absolute Gasteiger partial charge is 0.481 e. The quantitative estimate of drug-likeness (QED) is 0.148. The third kappa shape index (κ3) is 8.79. The van der Waals surface area contributed by atoms with Gasteiger partial charge in [-0.15, -0.1) is 0 Å². The molecule has 0 fully saturated rings. The highest BCUT2D eigenvalue weighted by molar-refractivity contribution is 5.95. The van der Waals surface area contributed by atoms with Crippen LogP contribution >= 0.6 is 0 Å².